The number of thiazole rings is 1. The van der Waals surface area contributed by atoms with Crippen molar-refractivity contribution in [2.24, 2.45) is 0 Å². The van der Waals surface area contributed by atoms with Crippen molar-refractivity contribution in [2.45, 2.75) is 19.5 Å². The summed E-state index contributed by atoms with van der Waals surface area (Å²) in [6, 6.07) is 7.27. The van der Waals surface area contributed by atoms with Gasteiger partial charge in [0.15, 0.2) is 0 Å². The van der Waals surface area contributed by atoms with Crippen LogP contribution in [0, 0.1) is 12.7 Å². The van der Waals surface area contributed by atoms with E-state index in [1.54, 1.807) is 25.1 Å². The first kappa shape index (κ1) is 23.2. The van der Waals surface area contributed by atoms with Gasteiger partial charge in [-0.1, -0.05) is 17.7 Å². The molecule has 0 aliphatic rings. The molecule has 0 spiro atoms. The molecule has 0 aliphatic carbocycles. The fourth-order valence-corrected chi connectivity index (χ4v) is 4.35. The van der Waals surface area contributed by atoms with Crippen LogP contribution in [0.15, 0.2) is 36.4 Å². The van der Waals surface area contributed by atoms with Crippen LogP contribution < -0.4 is 5.32 Å². The van der Waals surface area contributed by atoms with Crippen LogP contribution in [0.2, 0.25) is 5.02 Å². The van der Waals surface area contributed by atoms with Gasteiger partial charge in [-0.2, -0.15) is 13.2 Å². The Morgan fingerprint density at radius 1 is 1.23 bits per heavy atom. The Bertz CT molecular complexity index is 1120. The number of aromatic nitrogens is 1. The second kappa shape index (κ2) is 9.33. The minimum atomic E-state index is -4.64. The quantitative estimate of drug-likeness (QED) is 0.482. The predicted octanol–water partition coefficient (Wildman–Crippen LogP) is 5.24. The Hall–Kier alpha value is -2.49. The van der Waals surface area contributed by atoms with E-state index in [2.05, 4.69) is 10.3 Å². The number of amides is 1. The van der Waals surface area contributed by atoms with E-state index < -0.39 is 23.5 Å². The summed E-state index contributed by atoms with van der Waals surface area (Å²) in [6.45, 7) is 1.66. The smallest absolute Gasteiger partial charge is 0.395 e. The molecule has 3 rings (SSSR count). The molecule has 0 aliphatic heterocycles. The third-order valence-corrected chi connectivity index (χ3v) is 5.87. The van der Waals surface area contributed by atoms with E-state index >= 15 is 0 Å². The number of rotatable bonds is 6. The summed E-state index contributed by atoms with van der Waals surface area (Å²) in [5.74, 6) is -1.38. The molecule has 0 unspecified atom stereocenters. The number of carbonyl (C=O) groups is 1. The average Bonchev–Trinajstić information content (AvgIpc) is 3.04. The molecule has 0 saturated heterocycles. The van der Waals surface area contributed by atoms with Crippen LogP contribution in [-0.4, -0.2) is 29.1 Å². The molecule has 164 valence electrons. The number of carbonyl (C=O) groups excluding carboxylic acids is 1. The topological polar surface area (TPSA) is 62.2 Å². The van der Waals surface area contributed by atoms with Gasteiger partial charge in [0, 0.05) is 13.0 Å². The van der Waals surface area contributed by atoms with Gasteiger partial charge in [-0.25, -0.2) is 9.37 Å². The molecule has 2 N–H and O–H groups in total. The molecule has 0 radical (unpaired) electrons. The van der Waals surface area contributed by atoms with Gasteiger partial charge in [0.05, 0.1) is 38.3 Å². The van der Waals surface area contributed by atoms with Gasteiger partial charge < -0.3 is 10.4 Å². The number of aliphatic hydroxyl groups is 1. The fraction of sp³-hybridized carbons (Fsp3) is 0.238. The summed E-state index contributed by atoms with van der Waals surface area (Å²) < 4.78 is 52.5. The largest absolute Gasteiger partial charge is 0.416 e. The highest BCUT2D eigenvalue weighted by molar-refractivity contribution is 7.15. The molecular formula is C21H17ClF4N2O2S. The van der Waals surface area contributed by atoms with Crippen LogP contribution in [-0.2, 0) is 12.6 Å². The van der Waals surface area contributed by atoms with E-state index in [4.69, 9.17) is 16.7 Å². The monoisotopic (exact) mass is 472 g/mol. The number of benzene rings is 2. The molecule has 3 aromatic rings. The minimum Gasteiger partial charge on any atom is -0.395 e. The van der Waals surface area contributed by atoms with E-state index in [1.807, 2.05) is 0 Å². The van der Waals surface area contributed by atoms with Gasteiger partial charge in [0.1, 0.15) is 5.82 Å². The summed E-state index contributed by atoms with van der Waals surface area (Å²) in [5, 5.41) is 12.1. The number of aliphatic hydroxyl groups excluding tert-OH is 1. The Kier molecular flexibility index (Phi) is 6.98. The van der Waals surface area contributed by atoms with Crippen molar-refractivity contribution in [3.05, 3.63) is 74.6 Å². The number of alkyl halides is 3. The molecule has 4 nitrogen and oxygen atoms in total. The Morgan fingerprint density at radius 3 is 2.61 bits per heavy atom. The van der Waals surface area contributed by atoms with E-state index in [0.29, 0.717) is 22.3 Å². The fourth-order valence-electron chi connectivity index (χ4n) is 2.99. The zero-order chi connectivity index (χ0) is 22.8. The molecule has 0 atom stereocenters. The van der Waals surface area contributed by atoms with E-state index in [0.717, 1.165) is 17.0 Å². The zero-order valence-corrected chi connectivity index (χ0v) is 17.8. The van der Waals surface area contributed by atoms with Crippen molar-refractivity contribution in [1.29, 1.82) is 0 Å². The van der Waals surface area contributed by atoms with Crippen molar-refractivity contribution < 1.29 is 27.5 Å². The number of hydrogen-bond acceptors (Lipinski definition) is 4. The van der Waals surface area contributed by atoms with Crippen LogP contribution in [0.1, 0.15) is 32.2 Å². The highest BCUT2D eigenvalue weighted by Gasteiger charge is 2.31. The third kappa shape index (κ3) is 5.61. The van der Waals surface area contributed by atoms with E-state index in [-0.39, 0.29) is 35.7 Å². The summed E-state index contributed by atoms with van der Waals surface area (Å²) >= 11 is 7.49. The lowest BCUT2D eigenvalue weighted by atomic mass is 10.1. The molecule has 0 bridgehead atoms. The summed E-state index contributed by atoms with van der Waals surface area (Å²) in [6.07, 6.45) is -4.59. The molecule has 0 fully saturated rings. The van der Waals surface area contributed by atoms with Crippen LogP contribution in [0.5, 0.6) is 0 Å². The summed E-state index contributed by atoms with van der Waals surface area (Å²) in [4.78, 5) is 17.2. The maximum absolute atomic E-state index is 13.7. The number of halogens is 5. The van der Waals surface area contributed by atoms with E-state index in [1.165, 1.54) is 11.3 Å². The maximum atomic E-state index is 13.7. The lowest BCUT2D eigenvalue weighted by molar-refractivity contribution is -0.137. The Balaban J connectivity index is 1.86. The normalized spacial score (nSPS) is 11.6. The molecular weight excluding hydrogens is 456 g/mol. The second-order valence-electron chi connectivity index (χ2n) is 6.72. The maximum Gasteiger partial charge on any atom is 0.416 e. The van der Waals surface area contributed by atoms with Crippen molar-refractivity contribution in [1.82, 2.24) is 10.3 Å². The highest BCUT2D eigenvalue weighted by Crippen LogP contribution is 2.35. The summed E-state index contributed by atoms with van der Waals surface area (Å²) in [7, 11) is 0. The van der Waals surface area contributed by atoms with Crippen LogP contribution >= 0.6 is 22.9 Å². The predicted molar refractivity (Wildman–Crippen MR) is 111 cm³/mol. The zero-order valence-electron chi connectivity index (χ0n) is 16.2. The molecule has 10 heteroatoms. The summed E-state index contributed by atoms with van der Waals surface area (Å²) in [5.41, 5.74) is 0.710. The number of hydrogen-bond donors (Lipinski definition) is 2. The molecule has 2 aromatic carbocycles. The second-order valence-corrected chi connectivity index (χ2v) is 8.21. The van der Waals surface area contributed by atoms with Crippen LogP contribution in [0.25, 0.3) is 10.4 Å². The standard InChI is InChI=1S/C21H17ClF4N2O2S/c1-11-19(13-2-3-16(17(22)9-13)20(30)27-4-5-29)31-18(28-11)8-12-6-14(21(24,25)26)10-15(23)7-12/h2-3,6-7,9-10,29H,4-5,8H2,1H3,(H,27,30). The molecule has 1 heterocycles. The molecule has 1 aromatic heterocycles. The first-order valence-electron chi connectivity index (χ1n) is 9.10. The lowest BCUT2D eigenvalue weighted by Gasteiger charge is -2.08. The van der Waals surface area contributed by atoms with Gasteiger partial charge >= 0.3 is 6.18 Å². The number of nitrogens with zero attached hydrogens (tertiary/aromatic N) is 1. The van der Waals surface area contributed by atoms with Crippen LogP contribution in [0.3, 0.4) is 0 Å². The van der Waals surface area contributed by atoms with Crippen molar-refractivity contribution in [3.63, 3.8) is 0 Å². The van der Waals surface area contributed by atoms with Gasteiger partial charge in [-0.15, -0.1) is 11.3 Å². The van der Waals surface area contributed by atoms with Gasteiger partial charge in [0.2, 0.25) is 0 Å². The highest BCUT2D eigenvalue weighted by atomic mass is 35.5. The number of nitrogens with one attached hydrogen (secondary N) is 1. The van der Waals surface area contributed by atoms with Gasteiger partial charge in [0.25, 0.3) is 5.91 Å². The first-order valence-corrected chi connectivity index (χ1v) is 10.3. The molecule has 0 saturated carbocycles. The molecule has 1 amide bonds. The lowest BCUT2D eigenvalue weighted by Crippen LogP contribution is -2.26. The Labute approximate surface area is 184 Å². The molecule has 31 heavy (non-hydrogen) atoms. The average molecular weight is 473 g/mol. The van der Waals surface area contributed by atoms with Crippen LogP contribution in [0.4, 0.5) is 17.6 Å². The first-order chi connectivity index (χ1) is 14.6. The number of aryl methyl sites for hydroxylation is 1. The SMILES string of the molecule is Cc1nc(Cc2cc(F)cc(C(F)(F)F)c2)sc1-c1ccc(C(=O)NCCO)c(Cl)c1. The minimum absolute atomic E-state index is 0.0434. The van der Waals surface area contributed by atoms with Crippen molar-refractivity contribution in [2.75, 3.05) is 13.2 Å². The van der Waals surface area contributed by atoms with Gasteiger partial charge in [-0.05, 0) is 48.4 Å². The van der Waals surface area contributed by atoms with Crippen molar-refractivity contribution >= 4 is 28.8 Å². The Morgan fingerprint density at radius 2 is 1.97 bits per heavy atom. The van der Waals surface area contributed by atoms with Crippen molar-refractivity contribution in [3.8, 4) is 10.4 Å². The van der Waals surface area contributed by atoms with Gasteiger partial charge in [-0.3, -0.25) is 4.79 Å². The third-order valence-electron chi connectivity index (χ3n) is 4.35. The van der Waals surface area contributed by atoms with E-state index in [9.17, 15) is 22.4 Å².